The van der Waals surface area contributed by atoms with Gasteiger partial charge in [0.25, 0.3) is 5.91 Å². The van der Waals surface area contributed by atoms with Crippen molar-refractivity contribution in [2.45, 2.75) is 13.1 Å². The highest BCUT2D eigenvalue weighted by Gasteiger charge is 2.22. The Labute approximate surface area is 157 Å². The number of carbonyl (C=O) groups excluding carboxylic acids is 1. The molecule has 6 heteroatoms. The van der Waals surface area contributed by atoms with Gasteiger partial charge in [0, 0.05) is 38.3 Å². The molecule has 1 amide bonds. The first kappa shape index (κ1) is 17.1. The van der Waals surface area contributed by atoms with Gasteiger partial charge in [-0.05, 0) is 29.8 Å². The summed E-state index contributed by atoms with van der Waals surface area (Å²) in [6.45, 7) is 4.61. The molecule has 5 nitrogen and oxygen atoms in total. The van der Waals surface area contributed by atoms with Crippen molar-refractivity contribution in [1.82, 2.24) is 14.8 Å². The van der Waals surface area contributed by atoms with Crippen LogP contribution >= 0.6 is 11.3 Å². The second kappa shape index (κ2) is 7.53. The standard InChI is InChI=1S/C20H22N4OS/c21-13-15-5-7-16(8-6-15)20(25)24-11-9-23(10-12-24)14-19-22-17-3-1-2-4-18(17)26-19/h1-8H,9-14,21H2. The van der Waals surface area contributed by atoms with Gasteiger partial charge in [0.1, 0.15) is 5.01 Å². The molecule has 1 saturated heterocycles. The van der Waals surface area contributed by atoms with Gasteiger partial charge < -0.3 is 10.6 Å². The van der Waals surface area contributed by atoms with Crippen LogP contribution in [0.1, 0.15) is 20.9 Å². The van der Waals surface area contributed by atoms with Gasteiger partial charge in [-0.1, -0.05) is 24.3 Å². The number of thiazole rings is 1. The SMILES string of the molecule is NCc1ccc(C(=O)N2CCN(Cc3nc4ccccc4s3)CC2)cc1. The van der Waals surface area contributed by atoms with Crippen molar-refractivity contribution in [1.29, 1.82) is 0 Å². The Morgan fingerprint density at radius 2 is 1.77 bits per heavy atom. The van der Waals surface area contributed by atoms with Crippen molar-refractivity contribution in [3.05, 3.63) is 64.7 Å². The minimum atomic E-state index is 0.105. The van der Waals surface area contributed by atoms with E-state index in [4.69, 9.17) is 10.7 Å². The summed E-state index contributed by atoms with van der Waals surface area (Å²) < 4.78 is 1.23. The van der Waals surface area contributed by atoms with Crippen molar-refractivity contribution in [3.63, 3.8) is 0 Å². The molecule has 0 radical (unpaired) electrons. The average Bonchev–Trinajstić information content (AvgIpc) is 3.10. The summed E-state index contributed by atoms with van der Waals surface area (Å²) in [6.07, 6.45) is 0. The van der Waals surface area contributed by atoms with Crippen LogP contribution in [0.3, 0.4) is 0 Å². The van der Waals surface area contributed by atoms with Crippen LogP contribution in [0.4, 0.5) is 0 Å². The molecule has 4 rings (SSSR count). The highest BCUT2D eigenvalue weighted by molar-refractivity contribution is 7.18. The fraction of sp³-hybridized carbons (Fsp3) is 0.300. The Kier molecular flexibility index (Phi) is 4.97. The number of aromatic nitrogens is 1. The zero-order valence-electron chi connectivity index (χ0n) is 14.6. The molecule has 1 aliphatic rings. The number of amides is 1. The van der Waals surface area contributed by atoms with E-state index in [-0.39, 0.29) is 5.91 Å². The third kappa shape index (κ3) is 3.62. The van der Waals surface area contributed by atoms with E-state index in [0.717, 1.165) is 54.4 Å². The van der Waals surface area contributed by atoms with E-state index in [1.54, 1.807) is 11.3 Å². The highest BCUT2D eigenvalue weighted by atomic mass is 32.1. The summed E-state index contributed by atoms with van der Waals surface area (Å²) in [7, 11) is 0. The number of piperazine rings is 1. The second-order valence-electron chi connectivity index (χ2n) is 6.54. The molecule has 0 unspecified atom stereocenters. The zero-order chi connectivity index (χ0) is 17.9. The van der Waals surface area contributed by atoms with Crippen LogP contribution in [-0.4, -0.2) is 46.9 Å². The van der Waals surface area contributed by atoms with Gasteiger partial charge in [0.15, 0.2) is 0 Å². The fourth-order valence-corrected chi connectivity index (χ4v) is 4.26. The Morgan fingerprint density at radius 1 is 1.04 bits per heavy atom. The van der Waals surface area contributed by atoms with Crippen LogP contribution in [-0.2, 0) is 13.1 Å². The predicted molar refractivity (Wildman–Crippen MR) is 105 cm³/mol. The van der Waals surface area contributed by atoms with Crippen molar-refractivity contribution >= 4 is 27.5 Å². The summed E-state index contributed by atoms with van der Waals surface area (Å²) in [5.74, 6) is 0.105. The van der Waals surface area contributed by atoms with Crippen LogP contribution in [0.15, 0.2) is 48.5 Å². The number of fused-ring (bicyclic) bond motifs is 1. The molecule has 2 heterocycles. The normalized spacial score (nSPS) is 15.5. The van der Waals surface area contributed by atoms with E-state index < -0.39 is 0 Å². The van der Waals surface area contributed by atoms with Gasteiger partial charge in [-0.3, -0.25) is 9.69 Å². The lowest BCUT2D eigenvalue weighted by Crippen LogP contribution is -2.48. The number of nitrogens with two attached hydrogens (primary N) is 1. The molecule has 0 spiro atoms. The maximum atomic E-state index is 12.6. The van der Waals surface area contributed by atoms with Crippen molar-refractivity contribution in [3.8, 4) is 0 Å². The highest BCUT2D eigenvalue weighted by Crippen LogP contribution is 2.23. The lowest BCUT2D eigenvalue weighted by molar-refractivity contribution is 0.0628. The topological polar surface area (TPSA) is 62.5 Å². The Bertz CT molecular complexity index is 865. The quantitative estimate of drug-likeness (QED) is 0.771. The second-order valence-corrected chi connectivity index (χ2v) is 7.66. The molecular formula is C20H22N4OS. The van der Waals surface area contributed by atoms with Crippen LogP contribution < -0.4 is 5.73 Å². The third-order valence-electron chi connectivity index (χ3n) is 4.79. The van der Waals surface area contributed by atoms with Crippen LogP contribution in [0.2, 0.25) is 0 Å². The van der Waals surface area contributed by atoms with Gasteiger partial charge in [-0.15, -0.1) is 11.3 Å². The average molecular weight is 366 g/mol. The molecule has 0 saturated carbocycles. The third-order valence-corrected chi connectivity index (χ3v) is 5.81. The molecule has 3 aromatic rings. The molecule has 0 atom stereocenters. The predicted octanol–water partition coefficient (Wildman–Crippen LogP) is 2.71. The van der Waals surface area contributed by atoms with Crippen molar-refractivity contribution in [2.24, 2.45) is 5.73 Å². The van der Waals surface area contributed by atoms with Crippen LogP contribution in [0.25, 0.3) is 10.2 Å². The molecule has 1 aliphatic heterocycles. The summed E-state index contributed by atoms with van der Waals surface area (Å²) in [4.78, 5) is 21.7. The number of rotatable bonds is 4. The molecule has 2 aromatic carbocycles. The van der Waals surface area contributed by atoms with Gasteiger partial charge in [-0.2, -0.15) is 0 Å². The molecule has 0 aliphatic carbocycles. The molecule has 1 aromatic heterocycles. The minimum Gasteiger partial charge on any atom is -0.336 e. The Morgan fingerprint density at radius 3 is 2.46 bits per heavy atom. The van der Waals surface area contributed by atoms with E-state index >= 15 is 0 Å². The van der Waals surface area contributed by atoms with E-state index in [1.165, 1.54) is 4.70 Å². The number of para-hydroxylation sites is 1. The van der Waals surface area contributed by atoms with Gasteiger partial charge in [0.05, 0.1) is 16.8 Å². The fourth-order valence-electron chi connectivity index (χ4n) is 3.25. The van der Waals surface area contributed by atoms with E-state index in [2.05, 4.69) is 23.1 Å². The lowest BCUT2D eigenvalue weighted by atomic mass is 10.1. The van der Waals surface area contributed by atoms with Crippen LogP contribution in [0.5, 0.6) is 0 Å². The maximum absolute atomic E-state index is 12.6. The largest absolute Gasteiger partial charge is 0.336 e. The summed E-state index contributed by atoms with van der Waals surface area (Å²) in [5.41, 5.74) is 8.47. The first-order valence-electron chi connectivity index (χ1n) is 8.88. The molecule has 2 N–H and O–H groups in total. The number of hydrogen-bond acceptors (Lipinski definition) is 5. The van der Waals surface area contributed by atoms with E-state index in [1.807, 2.05) is 35.2 Å². The summed E-state index contributed by atoms with van der Waals surface area (Å²) >= 11 is 1.75. The molecule has 1 fully saturated rings. The lowest BCUT2D eigenvalue weighted by Gasteiger charge is -2.34. The smallest absolute Gasteiger partial charge is 0.253 e. The number of carbonyl (C=O) groups is 1. The summed E-state index contributed by atoms with van der Waals surface area (Å²) in [6, 6.07) is 15.8. The van der Waals surface area contributed by atoms with Gasteiger partial charge in [0.2, 0.25) is 0 Å². The molecule has 134 valence electrons. The molecular weight excluding hydrogens is 344 g/mol. The van der Waals surface area contributed by atoms with E-state index in [0.29, 0.717) is 6.54 Å². The minimum absolute atomic E-state index is 0.105. The van der Waals surface area contributed by atoms with Crippen molar-refractivity contribution < 1.29 is 4.79 Å². The summed E-state index contributed by atoms with van der Waals surface area (Å²) in [5, 5.41) is 1.14. The van der Waals surface area contributed by atoms with Crippen molar-refractivity contribution in [2.75, 3.05) is 26.2 Å². The first-order valence-corrected chi connectivity index (χ1v) is 9.69. The number of nitrogens with zero attached hydrogens (tertiary/aromatic N) is 3. The maximum Gasteiger partial charge on any atom is 0.253 e. The molecule has 0 bridgehead atoms. The van der Waals surface area contributed by atoms with Gasteiger partial charge >= 0.3 is 0 Å². The Hall–Kier alpha value is -2.28. The monoisotopic (exact) mass is 366 g/mol. The molecule has 26 heavy (non-hydrogen) atoms. The number of benzene rings is 2. The number of hydrogen-bond donors (Lipinski definition) is 1. The van der Waals surface area contributed by atoms with Crippen LogP contribution in [0, 0.1) is 0 Å². The van der Waals surface area contributed by atoms with Gasteiger partial charge in [-0.25, -0.2) is 4.98 Å². The first-order chi connectivity index (χ1) is 12.7. The Balaban J connectivity index is 1.35. The van der Waals surface area contributed by atoms with E-state index in [9.17, 15) is 4.79 Å². The zero-order valence-corrected chi connectivity index (χ0v) is 15.4.